The maximum Gasteiger partial charge on any atom is 0.306 e. The molecular weight excluding hydrogens is 937 g/mol. The molecule has 0 aromatic heterocycles. The van der Waals surface area contributed by atoms with E-state index in [4.69, 9.17) is 14.2 Å². The van der Waals surface area contributed by atoms with E-state index in [0.29, 0.717) is 19.3 Å². The van der Waals surface area contributed by atoms with Gasteiger partial charge in [-0.15, -0.1) is 0 Å². The van der Waals surface area contributed by atoms with Crippen LogP contribution in [-0.4, -0.2) is 37.2 Å². The van der Waals surface area contributed by atoms with Crippen LogP contribution in [0.4, 0.5) is 0 Å². The number of carbonyl (C=O) groups excluding carboxylic acids is 3. The van der Waals surface area contributed by atoms with Gasteiger partial charge in [-0.1, -0.05) is 266 Å². The lowest BCUT2D eigenvalue weighted by Crippen LogP contribution is -2.30. The lowest BCUT2D eigenvalue weighted by molar-refractivity contribution is -0.167. The summed E-state index contributed by atoms with van der Waals surface area (Å²) in [5, 5.41) is 0. The minimum atomic E-state index is -0.789. The van der Waals surface area contributed by atoms with Gasteiger partial charge in [0.25, 0.3) is 0 Å². The molecule has 0 saturated carbocycles. The summed E-state index contributed by atoms with van der Waals surface area (Å²) in [6.07, 6.45) is 84.4. The number of unbranched alkanes of at least 4 members (excludes halogenated alkanes) is 34. The third-order valence-electron chi connectivity index (χ3n) is 14.1. The number of ether oxygens (including phenoxy) is 3. The molecule has 76 heavy (non-hydrogen) atoms. The zero-order chi connectivity index (χ0) is 55.0. The average molecular weight is 1060 g/mol. The standard InChI is InChI=1S/C70H122O6/c1-4-7-10-13-16-19-22-25-27-29-31-33-35-37-39-41-43-45-48-51-54-57-60-63-69(72)75-66-67(65-74-68(71)62-59-56-53-50-47-24-21-18-15-12-9-6-3)76-70(73)64-61-58-55-52-49-46-44-42-40-38-36-34-32-30-28-26-23-20-17-14-11-8-5-2/h18,21-23,25-26,29-32,35-38,67H,4-17,19-20,24,27-28,33-34,39-66H2,1-3H3/b21-18-,25-22-,26-23-,31-29-,32-30-,37-35-,38-36-. The molecule has 0 N–H and O–H groups in total. The normalized spacial score (nSPS) is 12.6. The van der Waals surface area contributed by atoms with Crippen molar-refractivity contribution in [2.75, 3.05) is 13.2 Å². The van der Waals surface area contributed by atoms with Gasteiger partial charge in [-0.2, -0.15) is 0 Å². The van der Waals surface area contributed by atoms with Crippen molar-refractivity contribution in [3.63, 3.8) is 0 Å². The van der Waals surface area contributed by atoms with Gasteiger partial charge in [0.1, 0.15) is 13.2 Å². The Morgan fingerprint density at radius 2 is 0.474 bits per heavy atom. The van der Waals surface area contributed by atoms with E-state index in [0.717, 1.165) is 103 Å². The van der Waals surface area contributed by atoms with Crippen molar-refractivity contribution in [1.82, 2.24) is 0 Å². The van der Waals surface area contributed by atoms with Crippen LogP contribution < -0.4 is 0 Å². The molecule has 6 nitrogen and oxygen atoms in total. The van der Waals surface area contributed by atoms with E-state index in [2.05, 4.69) is 106 Å². The zero-order valence-electron chi connectivity index (χ0n) is 50.3. The molecule has 0 aliphatic rings. The van der Waals surface area contributed by atoms with Gasteiger partial charge in [0.2, 0.25) is 0 Å². The van der Waals surface area contributed by atoms with E-state index in [1.54, 1.807) is 0 Å². The second-order valence-corrected chi connectivity index (χ2v) is 21.7. The molecular formula is C70H122O6. The first-order valence-corrected chi connectivity index (χ1v) is 32.6. The summed E-state index contributed by atoms with van der Waals surface area (Å²) in [4.78, 5) is 38.3. The smallest absolute Gasteiger partial charge is 0.306 e. The minimum Gasteiger partial charge on any atom is -0.462 e. The molecule has 0 aliphatic carbocycles. The van der Waals surface area contributed by atoms with Crippen LogP contribution in [0.5, 0.6) is 0 Å². The molecule has 0 saturated heterocycles. The predicted octanol–water partition coefficient (Wildman–Crippen LogP) is 22.3. The van der Waals surface area contributed by atoms with Crippen molar-refractivity contribution in [3.05, 3.63) is 85.1 Å². The first kappa shape index (κ1) is 72.6. The van der Waals surface area contributed by atoms with E-state index in [9.17, 15) is 14.4 Å². The summed E-state index contributed by atoms with van der Waals surface area (Å²) in [5.74, 6) is -0.898. The quantitative estimate of drug-likeness (QED) is 0.0261. The third kappa shape index (κ3) is 61.4. The molecule has 1 atom stereocenters. The molecule has 6 heteroatoms. The van der Waals surface area contributed by atoms with Gasteiger partial charge in [-0.3, -0.25) is 14.4 Å². The van der Waals surface area contributed by atoms with Crippen LogP contribution in [0.2, 0.25) is 0 Å². The van der Waals surface area contributed by atoms with Crippen LogP contribution in [0.25, 0.3) is 0 Å². The van der Waals surface area contributed by atoms with Crippen LogP contribution >= 0.6 is 0 Å². The molecule has 0 heterocycles. The summed E-state index contributed by atoms with van der Waals surface area (Å²) in [6.45, 7) is 6.60. The number of esters is 3. The van der Waals surface area contributed by atoms with Crippen molar-refractivity contribution in [1.29, 1.82) is 0 Å². The Labute approximate surface area is 471 Å². The molecule has 0 bridgehead atoms. The highest BCUT2D eigenvalue weighted by molar-refractivity contribution is 5.71. The van der Waals surface area contributed by atoms with E-state index in [-0.39, 0.29) is 31.1 Å². The Kier molecular flexibility index (Phi) is 61.2. The van der Waals surface area contributed by atoms with Gasteiger partial charge in [-0.25, -0.2) is 0 Å². The number of hydrogen-bond acceptors (Lipinski definition) is 6. The third-order valence-corrected chi connectivity index (χ3v) is 14.1. The van der Waals surface area contributed by atoms with Crippen molar-refractivity contribution >= 4 is 17.9 Å². The van der Waals surface area contributed by atoms with Gasteiger partial charge in [0.05, 0.1) is 0 Å². The first-order chi connectivity index (χ1) is 37.5. The predicted molar refractivity (Wildman–Crippen MR) is 330 cm³/mol. The van der Waals surface area contributed by atoms with Crippen molar-refractivity contribution in [2.24, 2.45) is 0 Å². The molecule has 0 radical (unpaired) electrons. The van der Waals surface area contributed by atoms with Gasteiger partial charge in [0, 0.05) is 19.3 Å². The Morgan fingerprint density at radius 1 is 0.263 bits per heavy atom. The van der Waals surface area contributed by atoms with Crippen LogP contribution in [-0.2, 0) is 28.6 Å². The van der Waals surface area contributed by atoms with Gasteiger partial charge in [0.15, 0.2) is 6.10 Å². The zero-order valence-corrected chi connectivity index (χ0v) is 50.3. The molecule has 0 aliphatic heterocycles. The van der Waals surface area contributed by atoms with Gasteiger partial charge >= 0.3 is 17.9 Å². The number of carbonyl (C=O) groups is 3. The fourth-order valence-electron chi connectivity index (χ4n) is 9.16. The fraction of sp³-hybridized carbons (Fsp3) is 0.757. The van der Waals surface area contributed by atoms with E-state index < -0.39 is 6.10 Å². The molecule has 0 aromatic rings. The summed E-state index contributed by atoms with van der Waals surface area (Å²) >= 11 is 0. The van der Waals surface area contributed by atoms with Gasteiger partial charge in [-0.05, 0) is 122 Å². The second kappa shape index (κ2) is 64.1. The number of allylic oxidation sites excluding steroid dienone is 14. The number of hydrogen-bond donors (Lipinski definition) is 0. The fourth-order valence-corrected chi connectivity index (χ4v) is 9.16. The summed E-state index contributed by atoms with van der Waals surface area (Å²) in [5.41, 5.74) is 0. The summed E-state index contributed by atoms with van der Waals surface area (Å²) < 4.78 is 16.9. The lowest BCUT2D eigenvalue weighted by Gasteiger charge is -2.18. The number of rotatable bonds is 59. The Bertz CT molecular complexity index is 1450. The highest BCUT2D eigenvalue weighted by Crippen LogP contribution is 2.16. The topological polar surface area (TPSA) is 78.9 Å². The molecule has 1 unspecified atom stereocenters. The minimum absolute atomic E-state index is 0.0855. The van der Waals surface area contributed by atoms with Crippen LogP contribution in [0.3, 0.4) is 0 Å². The van der Waals surface area contributed by atoms with Crippen LogP contribution in [0.15, 0.2) is 85.1 Å². The highest BCUT2D eigenvalue weighted by Gasteiger charge is 2.19. The SMILES string of the molecule is CCCCC/C=C\CCCCCCCC(=O)OCC(COC(=O)CCCCCCCCCC/C=C\C/C=C\C/C=C\CCCCCCC)OC(=O)CCCCCCCCCC/C=C\C/C=C\C/C=C\CCCCCCC. The lowest BCUT2D eigenvalue weighted by atomic mass is 10.1. The summed E-state index contributed by atoms with van der Waals surface area (Å²) in [7, 11) is 0. The maximum atomic E-state index is 12.9. The Hall–Kier alpha value is -3.41. The monoisotopic (exact) mass is 1060 g/mol. The second-order valence-electron chi connectivity index (χ2n) is 21.7. The van der Waals surface area contributed by atoms with E-state index in [1.165, 1.54) is 180 Å². The largest absolute Gasteiger partial charge is 0.462 e. The molecule has 0 fully saturated rings. The molecule has 0 rings (SSSR count). The van der Waals surface area contributed by atoms with Gasteiger partial charge < -0.3 is 14.2 Å². The molecule has 438 valence electrons. The molecule has 0 amide bonds. The summed E-state index contributed by atoms with van der Waals surface area (Å²) in [6, 6.07) is 0. The highest BCUT2D eigenvalue weighted by atomic mass is 16.6. The Balaban J connectivity index is 4.34. The van der Waals surface area contributed by atoms with Crippen molar-refractivity contribution in [2.45, 2.75) is 329 Å². The van der Waals surface area contributed by atoms with Crippen molar-refractivity contribution in [3.8, 4) is 0 Å². The average Bonchev–Trinajstić information content (AvgIpc) is 3.42. The van der Waals surface area contributed by atoms with E-state index in [1.807, 2.05) is 0 Å². The maximum absolute atomic E-state index is 12.9. The van der Waals surface area contributed by atoms with E-state index >= 15 is 0 Å². The first-order valence-electron chi connectivity index (χ1n) is 32.6. The molecule has 0 spiro atoms. The Morgan fingerprint density at radius 3 is 0.776 bits per heavy atom. The molecule has 0 aromatic carbocycles. The van der Waals surface area contributed by atoms with Crippen LogP contribution in [0, 0.1) is 0 Å². The van der Waals surface area contributed by atoms with Crippen molar-refractivity contribution < 1.29 is 28.6 Å². The van der Waals surface area contributed by atoms with Crippen LogP contribution in [0.1, 0.15) is 323 Å².